The van der Waals surface area contributed by atoms with E-state index in [9.17, 15) is 0 Å². The van der Waals surface area contributed by atoms with Crippen molar-refractivity contribution < 1.29 is 9.26 Å². The molecule has 80 valence electrons. The van der Waals surface area contributed by atoms with Crippen molar-refractivity contribution in [2.75, 3.05) is 26.8 Å². The Morgan fingerprint density at radius 2 is 2.29 bits per heavy atom. The molecule has 5 nitrogen and oxygen atoms in total. The minimum atomic E-state index is 0.667. The molecule has 0 unspecified atom stereocenters. The van der Waals surface area contributed by atoms with Gasteiger partial charge < -0.3 is 9.26 Å². The number of hydrogen-bond acceptors (Lipinski definition) is 5. The van der Waals surface area contributed by atoms with Gasteiger partial charge in [0.15, 0.2) is 5.82 Å². The van der Waals surface area contributed by atoms with Crippen molar-refractivity contribution >= 4 is 0 Å². The first kappa shape index (κ1) is 11.1. The lowest BCUT2D eigenvalue weighted by molar-refractivity contribution is 0.139. The van der Waals surface area contributed by atoms with Gasteiger partial charge in [-0.1, -0.05) is 12.1 Å². The maximum atomic E-state index is 5.03. The second-order valence-corrected chi connectivity index (χ2v) is 3.10. The van der Waals surface area contributed by atoms with Crippen molar-refractivity contribution in [1.29, 1.82) is 0 Å². The predicted octanol–water partition coefficient (Wildman–Crippen LogP) is 0.846. The van der Waals surface area contributed by atoms with E-state index in [0.717, 1.165) is 19.7 Å². The van der Waals surface area contributed by atoms with E-state index >= 15 is 0 Å². The van der Waals surface area contributed by atoms with E-state index < -0.39 is 0 Å². The van der Waals surface area contributed by atoms with Crippen molar-refractivity contribution in [3.63, 3.8) is 0 Å². The monoisotopic (exact) mass is 199 g/mol. The zero-order valence-corrected chi connectivity index (χ0v) is 8.99. The van der Waals surface area contributed by atoms with Gasteiger partial charge in [-0.25, -0.2) is 0 Å². The smallest absolute Gasteiger partial charge is 0.240 e. The molecule has 0 amide bonds. The van der Waals surface area contributed by atoms with E-state index in [1.807, 2.05) is 6.92 Å². The van der Waals surface area contributed by atoms with Crippen LogP contribution in [0.3, 0.4) is 0 Å². The maximum absolute atomic E-state index is 5.03. The Bertz CT molecular complexity index is 262. The first-order valence-corrected chi connectivity index (χ1v) is 4.76. The van der Waals surface area contributed by atoms with Gasteiger partial charge in [-0.15, -0.1) is 0 Å². The molecule has 5 heteroatoms. The lowest BCUT2D eigenvalue weighted by Crippen LogP contribution is -2.26. The number of rotatable bonds is 6. The van der Waals surface area contributed by atoms with E-state index in [-0.39, 0.29) is 0 Å². The molecule has 0 saturated heterocycles. The van der Waals surface area contributed by atoms with Crippen LogP contribution in [0.15, 0.2) is 4.52 Å². The molecule has 0 spiro atoms. The number of nitrogens with zero attached hydrogens (tertiary/aromatic N) is 3. The van der Waals surface area contributed by atoms with Crippen LogP contribution in [0.4, 0.5) is 0 Å². The van der Waals surface area contributed by atoms with Crippen molar-refractivity contribution in [1.82, 2.24) is 15.0 Å². The van der Waals surface area contributed by atoms with E-state index in [1.54, 1.807) is 7.11 Å². The van der Waals surface area contributed by atoms with E-state index in [0.29, 0.717) is 18.3 Å². The number of aromatic nitrogens is 2. The molecule has 1 aromatic rings. The average Bonchev–Trinajstić information content (AvgIpc) is 2.58. The van der Waals surface area contributed by atoms with Crippen LogP contribution in [0.5, 0.6) is 0 Å². The standard InChI is InChI=1S/C9H17N3O2/c1-4-12(5-6-13-3)7-9-10-8(2)11-14-9/h4-7H2,1-3H3. The highest BCUT2D eigenvalue weighted by Crippen LogP contribution is 2.01. The first-order valence-electron chi connectivity index (χ1n) is 4.76. The number of aryl methyl sites for hydroxylation is 1. The summed E-state index contributed by atoms with van der Waals surface area (Å²) in [6, 6.07) is 0. The van der Waals surface area contributed by atoms with Gasteiger partial charge in [0, 0.05) is 13.7 Å². The Morgan fingerprint density at radius 1 is 1.50 bits per heavy atom. The zero-order valence-electron chi connectivity index (χ0n) is 8.99. The fourth-order valence-electron chi connectivity index (χ4n) is 1.16. The van der Waals surface area contributed by atoms with Crippen LogP contribution in [0.25, 0.3) is 0 Å². The Labute approximate surface area is 84.0 Å². The van der Waals surface area contributed by atoms with Crippen LogP contribution in [0.1, 0.15) is 18.6 Å². The summed E-state index contributed by atoms with van der Waals surface area (Å²) < 4.78 is 10.0. The normalized spacial score (nSPS) is 11.1. The molecule has 0 aliphatic heterocycles. The third-order valence-corrected chi connectivity index (χ3v) is 1.99. The van der Waals surface area contributed by atoms with Gasteiger partial charge in [0.1, 0.15) is 0 Å². The van der Waals surface area contributed by atoms with Crippen molar-refractivity contribution in [3.8, 4) is 0 Å². The summed E-state index contributed by atoms with van der Waals surface area (Å²) in [5.41, 5.74) is 0. The lowest BCUT2D eigenvalue weighted by Gasteiger charge is -2.16. The van der Waals surface area contributed by atoms with Gasteiger partial charge in [-0.3, -0.25) is 4.90 Å². The van der Waals surface area contributed by atoms with Crippen LogP contribution >= 0.6 is 0 Å². The molecule has 0 fully saturated rings. The van der Waals surface area contributed by atoms with Gasteiger partial charge >= 0.3 is 0 Å². The number of likely N-dealkylation sites (N-methyl/N-ethyl adjacent to an activating group) is 1. The van der Waals surface area contributed by atoms with Gasteiger partial charge in [0.2, 0.25) is 5.89 Å². The molecule has 0 N–H and O–H groups in total. The molecule has 0 bridgehead atoms. The molecule has 0 atom stereocenters. The third kappa shape index (κ3) is 3.43. The molecule has 0 aliphatic carbocycles. The summed E-state index contributed by atoms with van der Waals surface area (Å²) in [7, 11) is 1.70. The highest BCUT2D eigenvalue weighted by molar-refractivity contribution is 4.82. The Balaban J connectivity index is 2.40. The van der Waals surface area contributed by atoms with E-state index in [2.05, 4.69) is 22.0 Å². The minimum Gasteiger partial charge on any atom is -0.383 e. The predicted molar refractivity (Wildman–Crippen MR) is 51.9 cm³/mol. The average molecular weight is 199 g/mol. The van der Waals surface area contributed by atoms with Crippen LogP contribution in [0, 0.1) is 6.92 Å². The minimum absolute atomic E-state index is 0.667. The fourth-order valence-corrected chi connectivity index (χ4v) is 1.16. The van der Waals surface area contributed by atoms with Crippen LogP contribution in [-0.4, -0.2) is 41.8 Å². The van der Waals surface area contributed by atoms with Gasteiger partial charge in [0.25, 0.3) is 0 Å². The molecular formula is C9H17N3O2. The van der Waals surface area contributed by atoms with Crippen LogP contribution in [-0.2, 0) is 11.3 Å². The van der Waals surface area contributed by atoms with E-state index in [4.69, 9.17) is 9.26 Å². The summed E-state index contributed by atoms with van der Waals surface area (Å²) in [6.07, 6.45) is 0. The third-order valence-electron chi connectivity index (χ3n) is 1.99. The highest BCUT2D eigenvalue weighted by atomic mass is 16.5. The Kier molecular flexibility index (Phi) is 4.55. The zero-order chi connectivity index (χ0) is 10.4. The fraction of sp³-hybridized carbons (Fsp3) is 0.778. The summed E-state index contributed by atoms with van der Waals surface area (Å²) in [5.74, 6) is 1.35. The Morgan fingerprint density at radius 3 is 2.79 bits per heavy atom. The summed E-state index contributed by atoms with van der Waals surface area (Å²) in [5, 5.41) is 3.74. The van der Waals surface area contributed by atoms with Crippen molar-refractivity contribution in [3.05, 3.63) is 11.7 Å². The van der Waals surface area contributed by atoms with Crippen molar-refractivity contribution in [2.24, 2.45) is 0 Å². The molecule has 1 rings (SSSR count). The number of methoxy groups -OCH3 is 1. The molecule has 0 radical (unpaired) electrons. The van der Waals surface area contributed by atoms with E-state index in [1.165, 1.54) is 0 Å². The molecule has 0 saturated carbocycles. The second-order valence-electron chi connectivity index (χ2n) is 3.10. The quantitative estimate of drug-likeness (QED) is 0.679. The molecule has 0 aromatic carbocycles. The summed E-state index contributed by atoms with van der Waals surface area (Å²) in [6.45, 7) is 7.16. The maximum Gasteiger partial charge on any atom is 0.240 e. The Hall–Kier alpha value is -0.940. The van der Waals surface area contributed by atoms with Crippen molar-refractivity contribution in [2.45, 2.75) is 20.4 Å². The second kappa shape index (κ2) is 5.72. The summed E-state index contributed by atoms with van der Waals surface area (Å²) in [4.78, 5) is 6.34. The van der Waals surface area contributed by atoms with Crippen LogP contribution in [0.2, 0.25) is 0 Å². The first-order chi connectivity index (χ1) is 6.76. The molecule has 14 heavy (non-hydrogen) atoms. The molecule has 1 heterocycles. The topological polar surface area (TPSA) is 51.4 Å². The summed E-state index contributed by atoms with van der Waals surface area (Å²) >= 11 is 0. The molecule has 0 aliphatic rings. The molecular weight excluding hydrogens is 182 g/mol. The highest BCUT2D eigenvalue weighted by Gasteiger charge is 2.08. The van der Waals surface area contributed by atoms with Crippen LogP contribution < -0.4 is 0 Å². The number of hydrogen-bond donors (Lipinski definition) is 0. The SMILES string of the molecule is CCN(CCOC)Cc1nc(C)no1. The van der Waals surface area contributed by atoms with Gasteiger partial charge in [-0.05, 0) is 13.5 Å². The molecule has 1 aromatic heterocycles. The van der Waals surface area contributed by atoms with Gasteiger partial charge in [-0.2, -0.15) is 4.98 Å². The largest absolute Gasteiger partial charge is 0.383 e. The lowest BCUT2D eigenvalue weighted by atomic mass is 10.4. The number of ether oxygens (including phenoxy) is 1. The van der Waals surface area contributed by atoms with Gasteiger partial charge in [0.05, 0.1) is 13.2 Å².